The minimum absolute atomic E-state index is 0.162. The lowest BCUT2D eigenvalue weighted by atomic mass is 10.0. The van der Waals surface area contributed by atoms with E-state index in [2.05, 4.69) is 36.2 Å². The summed E-state index contributed by atoms with van der Waals surface area (Å²) in [6.07, 6.45) is 2.89. The molecule has 0 saturated carbocycles. The molecule has 0 atom stereocenters. The molecule has 0 bridgehead atoms. The molecule has 1 N–H and O–H groups in total. The van der Waals surface area contributed by atoms with Crippen LogP contribution in [-0.4, -0.2) is 31.7 Å². The van der Waals surface area contributed by atoms with E-state index < -0.39 is 0 Å². The highest BCUT2D eigenvalue weighted by Crippen LogP contribution is 2.21. The minimum atomic E-state index is -0.162. The van der Waals surface area contributed by atoms with Crippen molar-refractivity contribution in [2.75, 3.05) is 20.7 Å². The molecule has 0 aromatic heterocycles. The average molecular weight is 324 g/mol. The van der Waals surface area contributed by atoms with E-state index in [4.69, 9.17) is 4.84 Å². The Morgan fingerprint density at radius 1 is 1.12 bits per heavy atom. The first kappa shape index (κ1) is 17.9. The summed E-state index contributed by atoms with van der Waals surface area (Å²) in [4.78, 5) is 16.9. The second-order valence-electron chi connectivity index (χ2n) is 5.51. The summed E-state index contributed by atoms with van der Waals surface area (Å²) in [6.45, 7) is 5.50. The van der Waals surface area contributed by atoms with E-state index in [-0.39, 0.29) is 5.91 Å². The fourth-order valence-electron chi connectivity index (χ4n) is 2.32. The smallest absolute Gasteiger partial charge is 0.277 e. The first-order valence-corrected chi connectivity index (χ1v) is 7.99. The molecular weight excluding hydrogens is 300 g/mol. The van der Waals surface area contributed by atoms with E-state index >= 15 is 0 Å². The van der Waals surface area contributed by atoms with Gasteiger partial charge < -0.3 is 5.32 Å². The number of hydroxylamine groups is 2. The Bertz CT molecular complexity index is 663. The maximum Gasteiger partial charge on any atom is 0.277 e. The Kier molecular flexibility index (Phi) is 6.73. The Morgan fingerprint density at radius 2 is 1.71 bits per heavy atom. The third kappa shape index (κ3) is 4.78. The number of amides is 1. The molecule has 2 rings (SSSR count). The number of hydrogen-bond donors (Lipinski definition) is 1. The molecule has 2 aromatic carbocycles. The van der Waals surface area contributed by atoms with Crippen LogP contribution < -0.4 is 5.32 Å². The molecule has 0 saturated heterocycles. The lowest BCUT2D eigenvalue weighted by molar-refractivity contribution is -0.0756. The third-order valence-corrected chi connectivity index (χ3v) is 3.83. The maximum atomic E-state index is 12.0. The minimum Gasteiger partial charge on any atom is -0.312 e. The van der Waals surface area contributed by atoms with Crippen LogP contribution in [0.5, 0.6) is 0 Å². The van der Waals surface area contributed by atoms with Crippen molar-refractivity contribution in [2.45, 2.75) is 13.0 Å². The van der Waals surface area contributed by atoms with Crippen LogP contribution >= 0.6 is 0 Å². The summed E-state index contributed by atoms with van der Waals surface area (Å²) in [5.74, 6) is -0.162. The summed E-state index contributed by atoms with van der Waals surface area (Å²) in [7, 11) is 3.07. The number of rotatable bonds is 8. The zero-order chi connectivity index (χ0) is 17.4. The zero-order valence-corrected chi connectivity index (χ0v) is 14.3. The van der Waals surface area contributed by atoms with Gasteiger partial charge in [-0.05, 0) is 41.8 Å². The second kappa shape index (κ2) is 9.01. The van der Waals surface area contributed by atoms with Gasteiger partial charge in [0.15, 0.2) is 0 Å². The fraction of sp³-hybridized carbons (Fsp3) is 0.250. The number of nitrogens with one attached hydrogen (secondary N) is 1. The van der Waals surface area contributed by atoms with E-state index in [0.29, 0.717) is 5.56 Å². The topological polar surface area (TPSA) is 41.6 Å². The molecule has 0 heterocycles. The molecule has 0 spiro atoms. The van der Waals surface area contributed by atoms with E-state index in [0.717, 1.165) is 30.6 Å². The predicted molar refractivity (Wildman–Crippen MR) is 97.5 cm³/mol. The van der Waals surface area contributed by atoms with Crippen molar-refractivity contribution >= 4 is 5.91 Å². The van der Waals surface area contributed by atoms with Crippen molar-refractivity contribution in [3.05, 3.63) is 72.3 Å². The molecule has 126 valence electrons. The van der Waals surface area contributed by atoms with E-state index in [1.54, 1.807) is 7.05 Å². The average Bonchev–Trinajstić information content (AvgIpc) is 2.64. The summed E-state index contributed by atoms with van der Waals surface area (Å²) < 4.78 is 0. The highest BCUT2D eigenvalue weighted by molar-refractivity contribution is 5.93. The van der Waals surface area contributed by atoms with Crippen molar-refractivity contribution in [1.82, 2.24) is 10.4 Å². The van der Waals surface area contributed by atoms with Crippen LogP contribution in [0.3, 0.4) is 0 Å². The SMILES string of the molecule is C=CCCNCc1ccc(-c2ccc(C(=O)N(C)OC)cc2)cc1. The Labute approximate surface area is 143 Å². The molecule has 4 nitrogen and oxygen atoms in total. The molecule has 0 radical (unpaired) electrons. The van der Waals surface area contributed by atoms with E-state index in [1.165, 1.54) is 17.7 Å². The molecular formula is C20H24N2O2. The van der Waals surface area contributed by atoms with Gasteiger partial charge in [-0.15, -0.1) is 6.58 Å². The Balaban J connectivity index is 2.01. The highest BCUT2D eigenvalue weighted by atomic mass is 16.7. The van der Waals surface area contributed by atoms with Gasteiger partial charge in [-0.3, -0.25) is 9.63 Å². The van der Waals surface area contributed by atoms with E-state index in [1.807, 2.05) is 30.3 Å². The van der Waals surface area contributed by atoms with Gasteiger partial charge in [-0.25, -0.2) is 5.06 Å². The third-order valence-electron chi connectivity index (χ3n) is 3.83. The van der Waals surface area contributed by atoms with Crippen molar-refractivity contribution in [1.29, 1.82) is 0 Å². The molecule has 0 fully saturated rings. The van der Waals surface area contributed by atoms with Gasteiger partial charge >= 0.3 is 0 Å². The summed E-state index contributed by atoms with van der Waals surface area (Å²) >= 11 is 0. The van der Waals surface area contributed by atoms with Gasteiger partial charge in [0.1, 0.15) is 0 Å². The predicted octanol–water partition coefficient (Wildman–Crippen LogP) is 3.65. The summed E-state index contributed by atoms with van der Waals surface area (Å²) in [5, 5.41) is 4.58. The van der Waals surface area contributed by atoms with E-state index in [9.17, 15) is 4.79 Å². The molecule has 0 unspecified atom stereocenters. The van der Waals surface area contributed by atoms with Crippen LogP contribution in [-0.2, 0) is 11.4 Å². The molecule has 1 amide bonds. The molecule has 0 aliphatic rings. The van der Waals surface area contributed by atoms with Gasteiger partial charge in [-0.2, -0.15) is 0 Å². The zero-order valence-electron chi connectivity index (χ0n) is 14.3. The van der Waals surface area contributed by atoms with Crippen LogP contribution in [0.25, 0.3) is 11.1 Å². The highest BCUT2D eigenvalue weighted by Gasteiger charge is 2.10. The van der Waals surface area contributed by atoms with Gasteiger partial charge in [-0.1, -0.05) is 42.5 Å². The Morgan fingerprint density at radius 3 is 2.25 bits per heavy atom. The number of carbonyl (C=O) groups excluding carboxylic acids is 1. The molecule has 0 aliphatic carbocycles. The summed E-state index contributed by atoms with van der Waals surface area (Å²) in [6, 6.07) is 16.0. The maximum absolute atomic E-state index is 12.0. The van der Waals surface area contributed by atoms with Crippen molar-refractivity contribution in [3.8, 4) is 11.1 Å². The normalized spacial score (nSPS) is 10.4. The van der Waals surface area contributed by atoms with Gasteiger partial charge in [0.25, 0.3) is 5.91 Å². The summed E-state index contributed by atoms with van der Waals surface area (Å²) in [5.41, 5.74) is 4.06. The van der Waals surface area contributed by atoms with Gasteiger partial charge in [0.2, 0.25) is 0 Å². The molecule has 2 aromatic rings. The first-order chi connectivity index (χ1) is 11.7. The lowest BCUT2D eigenvalue weighted by Crippen LogP contribution is -2.25. The largest absolute Gasteiger partial charge is 0.312 e. The van der Waals surface area contributed by atoms with Crippen molar-refractivity contribution < 1.29 is 9.63 Å². The molecule has 0 aliphatic heterocycles. The monoisotopic (exact) mass is 324 g/mol. The first-order valence-electron chi connectivity index (χ1n) is 7.99. The number of benzene rings is 2. The Hall–Kier alpha value is -2.43. The van der Waals surface area contributed by atoms with Crippen molar-refractivity contribution in [2.24, 2.45) is 0 Å². The molecule has 4 heteroatoms. The second-order valence-corrected chi connectivity index (χ2v) is 5.51. The van der Waals surface area contributed by atoms with Crippen LogP contribution in [0.2, 0.25) is 0 Å². The number of nitrogens with zero attached hydrogens (tertiary/aromatic N) is 1. The van der Waals surface area contributed by atoms with Gasteiger partial charge in [0.05, 0.1) is 7.11 Å². The van der Waals surface area contributed by atoms with Crippen molar-refractivity contribution in [3.63, 3.8) is 0 Å². The van der Waals surface area contributed by atoms with Crippen LogP contribution in [0.1, 0.15) is 22.3 Å². The lowest BCUT2D eigenvalue weighted by Gasteiger charge is -2.13. The fourth-order valence-corrected chi connectivity index (χ4v) is 2.32. The van der Waals surface area contributed by atoms with Gasteiger partial charge in [0, 0.05) is 19.2 Å². The number of carbonyl (C=O) groups is 1. The van der Waals surface area contributed by atoms with Crippen LogP contribution in [0, 0.1) is 0 Å². The van der Waals surface area contributed by atoms with Crippen LogP contribution in [0.15, 0.2) is 61.2 Å². The van der Waals surface area contributed by atoms with Crippen LogP contribution in [0.4, 0.5) is 0 Å². The number of hydrogen-bond acceptors (Lipinski definition) is 3. The molecule has 24 heavy (non-hydrogen) atoms. The standard InChI is InChI=1S/C20H24N2O2/c1-4-5-14-21-15-16-6-8-17(9-7-16)18-10-12-19(13-11-18)20(23)22(2)24-3/h4,6-13,21H,1,5,14-15H2,2-3H3. The quantitative estimate of drug-likeness (QED) is 0.458.